The van der Waals surface area contributed by atoms with Crippen molar-refractivity contribution in [3.63, 3.8) is 0 Å². The standard InChI is InChI=1S/C11H16N2O/c1-8-6-13-3-2-10(8)11(7-12)4-9(14)5-11/h2-3,6,9,14H,4-5,7,12H2,1H3. The summed E-state index contributed by atoms with van der Waals surface area (Å²) in [5.74, 6) is 0. The highest BCUT2D eigenvalue weighted by Crippen LogP contribution is 2.43. The zero-order valence-corrected chi connectivity index (χ0v) is 8.40. The molecular weight excluding hydrogens is 176 g/mol. The minimum Gasteiger partial charge on any atom is -0.393 e. The maximum Gasteiger partial charge on any atom is 0.0558 e. The van der Waals surface area contributed by atoms with E-state index in [4.69, 9.17) is 5.73 Å². The summed E-state index contributed by atoms with van der Waals surface area (Å²) in [6, 6.07) is 2.02. The summed E-state index contributed by atoms with van der Waals surface area (Å²) in [5.41, 5.74) is 8.23. The molecule has 0 amide bonds. The number of nitrogens with two attached hydrogens (primary N) is 1. The summed E-state index contributed by atoms with van der Waals surface area (Å²) in [6.07, 6.45) is 5.05. The first kappa shape index (κ1) is 9.62. The minimum absolute atomic E-state index is 0.00639. The zero-order valence-electron chi connectivity index (χ0n) is 8.40. The molecule has 76 valence electrons. The third-order valence-corrected chi connectivity index (χ3v) is 3.24. The Labute approximate surface area is 84.0 Å². The second-order valence-electron chi connectivity index (χ2n) is 4.24. The lowest BCUT2D eigenvalue weighted by molar-refractivity contribution is 0.0218. The molecule has 1 heterocycles. The van der Waals surface area contributed by atoms with Crippen molar-refractivity contribution < 1.29 is 5.11 Å². The lowest BCUT2D eigenvalue weighted by Crippen LogP contribution is -2.50. The van der Waals surface area contributed by atoms with Crippen molar-refractivity contribution in [3.8, 4) is 0 Å². The molecule has 0 radical (unpaired) electrons. The SMILES string of the molecule is Cc1cnccc1C1(CN)CC(O)C1. The third kappa shape index (κ3) is 1.33. The fraction of sp³-hybridized carbons (Fsp3) is 0.545. The Kier molecular flexibility index (Phi) is 2.29. The van der Waals surface area contributed by atoms with Crippen LogP contribution in [0.2, 0.25) is 0 Å². The van der Waals surface area contributed by atoms with Crippen LogP contribution < -0.4 is 5.73 Å². The predicted octanol–water partition coefficient (Wildman–Crippen LogP) is 0.741. The molecule has 14 heavy (non-hydrogen) atoms. The first-order chi connectivity index (χ1) is 6.68. The normalized spacial score (nSPS) is 31.2. The van der Waals surface area contributed by atoms with E-state index in [1.165, 1.54) is 11.1 Å². The molecular formula is C11H16N2O. The molecule has 0 spiro atoms. The van der Waals surface area contributed by atoms with E-state index in [0.717, 1.165) is 12.8 Å². The van der Waals surface area contributed by atoms with Crippen molar-refractivity contribution >= 4 is 0 Å². The maximum absolute atomic E-state index is 9.40. The number of pyridine rings is 1. The van der Waals surface area contributed by atoms with E-state index in [1.807, 2.05) is 19.2 Å². The van der Waals surface area contributed by atoms with Gasteiger partial charge in [0.2, 0.25) is 0 Å². The molecule has 1 saturated carbocycles. The fourth-order valence-corrected chi connectivity index (χ4v) is 2.41. The van der Waals surface area contributed by atoms with Crippen LogP contribution in [-0.2, 0) is 5.41 Å². The van der Waals surface area contributed by atoms with Gasteiger partial charge in [0.1, 0.15) is 0 Å². The van der Waals surface area contributed by atoms with Gasteiger partial charge in [0, 0.05) is 24.4 Å². The number of nitrogens with zero attached hydrogens (tertiary/aromatic N) is 1. The Balaban J connectivity index is 2.34. The lowest BCUT2D eigenvalue weighted by Gasteiger charge is -2.45. The molecule has 1 aliphatic carbocycles. The lowest BCUT2D eigenvalue weighted by atomic mass is 9.62. The van der Waals surface area contributed by atoms with Crippen LogP contribution in [0.3, 0.4) is 0 Å². The van der Waals surface area contributed by atoms with Gasteiger partial charge in [0.25, 0.3) is 0 Å². The van der Waals surface area contributed by atoms with Crippen LogP contribution in [0.4, 0.5) is 0 Å². The topological polar surface area (TPSA) is 59.1 Å². The predicted molar refractivity (Wildman–Crippen MR) is 54.9 cm³/mol. The van der Waals surface area contributed by atoms with Crippen LogP contribution in [0, 0.1) is 6.92 Å². The van der Waals surface area contributed by atoms with E-state index in [1.54, 1.807) is 6.20 Å². The number of hydrogen-bond donors (Lipinski definition) is 2. The van der Waals surface area contributed by atoms with Gasteiger partial charge < -0.3 is 10.8 Å². The molecule has 0 saturated heterocycles. The van der Waals surface area contributed by atoms with E-state index in [0.29, 0.717) is 6.54 Å². The molecule has 1 aliphatic rings. The van der Waals surface area contributed by atoms with Crippen LogP contribution >= 0.6 is 0 Å². The molecule has 2 rings (SSSR count). The molecule has 0 bridgehead atoms. The first-order valence-corrected chi connectivity index (χ1v) is 4.97. The van der Waals surface area contributed by atoms with Crippen molar-refractivity contribution in [2.45, 2.75) is 31.3 Å². The quantitative estimate of drug-likeness (QED) is 0.726. The zero-order chi connectivity index (χ0) is 10.2. The van der Waals surface area contributed by atoms with Crippen LogP contribution in [-0.4, -0.2) is 22.7 Å². The van der Waals surface area contributed by atoms with Crippen molar-refractivity contribution in [1.82, 2.24) is 4.98 Å². The van der Waals surface area contributed by atoms with Gasteiger partial charge in [-0.3, -0.25) is 4.98 Å². The molecule has 3 N–H and O–H groups in total. The Morgan fingerprint density at radius 2 is 2.36 bits per heavy atom. The van der Waals surface area contributed by atoms with Gasteiger partial charge in [-0.05, 0) is 37.0 Å². The largest absolute Gasteiger partial charge is 0.393 e. The van der Waals surface area contributed by atoms with Crippen LogP contribution in [0.1, 0.15) is 24.0 Å². The number of aliphatic hydroxyl groups excluding tert-OH is 1. The number of aliphatic hydroxyl groups is 1. The summed E-state index contributed by atoms with van der Waals surface area (Å²) in [5, 5.41) is 9.40. The van der Waals surface area contributed by atoms with Gasteiger partial charge in [-0.2, -0.15) is 0 Å². The molecule has 0 atom stereocenters. The number of aryl methyl sites for hydroxylation is 1. The third-order valence-electron chi connectivity index (χ3n) is 3.24. The van der Waals surface area contributed by atoms with Gasteiger partial charge in [-0.1, -0.05) is 0 Å². The molecule has 3 nitrogen and oxygen atoms in total. The number of hydrogen-bond acceptors (Lipinski definition) is 3. The van der Waals surface area contributed by atoms with E-state index in [9.17, 15) is 5.11 Å². The van der Waals surface area contributed by atoms with Gasteiger partial charge in [-0.15, -0.1) is 0 Å². The van der Waals surface area contributed by atoms with Gasteiger partial charge in [0.05, 0.1) is 6.10 Å². The molecule has 0 unspecified atom stereocenters. The van der Waals surface area contributed by atoms with Crippen molar-refractivity contribution in [3.05, 3.63) is 29.6 Å². The van der Waals surface area contributed by atoms with Crippen LogP contribution in [0.25, 0.3) is 0 Å². The highest BCUT2D eigenvalue weighted by Gasteiger charge is 2.44. The highest BCUT2D eigenvalue weighted by molar-refractivity contribution is 5.34. The van der Waals surface area contributed by atoms with Crippen molar-refractivity contribution in [2.24, 2.45) is 5.73 Å². The fourth-order valence-electron chi connectivity index (χ4n) is 2.41. The van der Waals surface area contributed by atoms with Gasteiger partial charge in [0.15, 0.2) is 0 Å². The molecule has 0 aromatic carbocycles. The highest BCUT2D eigenvalue weighted by atomic mass is 16.3. The Bertz CT molecular complexity index is 332. The smallest absolute Gasteiger partial charge is 0.0558 e. The maximum atomic E-state index is 9.40. The Hall–Kier alpha value is -0.930. The summed E-state index contributed by atoms with van der Waals surface area (Å²) < 4.78 is 0. The Morgan fingerprint density at radius 1 is 1.64 bits per heavy atom. The summed E-state index contributed by atoms with van der Waals surface area (Å²) >= 11 is 0. The minimum atomic E-state index is -0.175. The van der Waals surface area contributed by atoms with E-state index < -0.39 is 0 Å². The van der Waals surface area contributed by atoms with Gasteiger partial charge in [-0.25, -0.2) is 0 Å². The van der Waals surface area contributed by atoms with Crippen molar-refractivity contribution in [2.75, 3.05) is 6.54 Å². The molecule has 0 aliphatic heterocycles. The summed E-state index contributed by atoms with van der Waals surface area (Å²) in [4.78, 5) is 4.07. The number of aromatic nitrogens is 1. The monoisotopic (exact) mass is 192 g/mol. The van der Waals surface area contributed by atoms with Crippen LogP contribution in [0.5, 0.6) is 0 Å². The first-order valence-electron chi connectivity index (χ1n) is 4.97. The average molecular weight is 192 g/mol. The summed E-state index contributed by atoms with van der Waals surface area (Å²) in [7, 11) is 0. The molecule has 1 aromatic heterocycles. The van der Waals surface area contributed by atoms with E-state index in [-0.39, 0.29) is 11.5 Å². The van der Waals surface area contributed by atoms with Crippen molar-refractivity contribution in [1.29, 1.82) is 0 Å². The second-order valence-corrected chi connectivity index (χ2v) is 4.24. The Morgan fingerprint density at radius 3 is 2.86 bits per heavy atom. The average Bonchev–Trinajstić information content (AvgIpc) is 2.14. The molecule has 1 aromatic rings. The molecule has 3 heteroatoms. The van der Waals surface area contributed by atoms with Gasteiger partial charge >= 0.3 is 0 Å². The second kappa shape index (κ2) is 3.33. The molecule has 1 fully saturated rings. The summed E-state index contributed by atoms with van der Waals surface area (Å²) in [6.45, 7) is 2.65. The van der Waals surface area contributed by atoms with E-state index >= 15 is 0 Å². The van der Waals surface area contributed by atoms with E-state index in [2.05, 4.69) is 4.98 Å². The van der Waals surface area contributed by atoms with Crippen LogP contribution in [0.15, 0.2) is 18.5 Å². The number of rotatable bonds is 2.